The number of rotatable bonds is 10. The van der Waals surface area contributed by atoms with Crippen LogP contribution in [0.4, 0.5) is 4.79 Å². The molecule has 0 aromatic heterocycles. The number of hydrogen-bond donors (Lipinski definition) is 4. The molecular formula is C30H49N5O6S. The van der Waals surface area contributed by atoms with E-state index >= 15 is 0 Å². The largest absolute Gasteiger partial charge is 0.481 e. The topological polar surface area (TPSA) is 148 Å². The molecule has 12 heteroatoms. The van der Waals surface area contributed by atoms with Crippen molar-refractivity contribution in [2.24, 2.45) is 11.8 Å². The third-order valence-corrected chi connectivity index (χ3v) is 10.5. The Labute approximate surface area is 253 Å². The Bertz CT molecular complexity index is 968. The number of carbonyl (C=O) groups is 5. The summed E-state index contributed by atoms with van der Waals surface area (Å²) < 4.78 is 0. The first-order valence-corrected chi connectivity index (χ1v) is 17.1. The molecule has 11 nitrogen and oxygen atoms in total. The zero-order chi connectivity index (χ0) is 30.1. The van der Waals surface area contributed by atoms with Crippen molar-refractivity contribution in [1.82, 2.24) is 25.8 Å². The van der Waals surface area contributed by atoms with Gasteiger partial charge >= 0.3 is 12.0 Å². The van der Waals surface area contributed by atoms with Gasteiger partial charge in [0.05, 0.1) is 18.8 Å². The normalized spacial score (nSPS) is 28.5. The lowest BCUT2D eigenvalue weighted by Crippen LogP contribution is -2.54. The first-order valence-electron chi connectivity index (χ1n) is 16.0. The summed E-state index contributed by atoms with van der Waals surface area (Å²) in [5.74, 6) is -0.482. The van der Waals surface area contributed by atoms with Crippen LogP contribution in [0.3, 0.4) is 0 Å². The summed E-state index contributed by atoms with van der Waals surface area (Å²) in [4.78, 5) is 66.5. The molecule has 0 bridgehead atoms. The summed E-state index contributed by atoms with van der Waals surface area (Å²) in [6, 6.07) is -0.417. The second kappa shape index (κ2) is 15.8. The minimum absolute atomic E-state index is 0.0107. The van der Waals surface area contributed by atoms with E-state index in [1.165, 1.54) is 28.0 Å². The lowest BCUT2D eigenvalue weighted by molar-refractivity contribution is -0.146. The zero-order valence-electron chi connectivity index (χ0n) is 25.0. The number of nitrogens with one attached hydrogen (secondary N) is 3. The zero-order valence-corrected chi connectivity index (χ0v) is 25.8. The van der Waals surface area contributed by atoms with Crippen molar-refractivity contribution in [3.8, 4) is 0 Å². The van der Waals surface area contributed by atoms with E-state index in [1.807, 2.05) is 0 Å². The Morgan fingerprint density at radius 2 is 1.48 bits per heavy atom. The molecule has 4 fully saturated rings. The Hall–Kier alpha value is -2.50. The third kappa shape index (κ3) is 9.25. The maximum Gasteiger partial charge on any atom is 0.315 e. The fourth-order valence-corrected chi connectivity index (χ4v) is 8.05. The lowest BCUT2D eigenvalue weighted by Gasteiger charge is -2.33. The van der Waals surface area contributed by atoms with Crippen molar-refractivity contribution in [3.63, 3.8) is 0 Å². The van der Waals surface area contributed by atoms with Crippen molar-refractivity contribution in [1.29, 1.82) is 0 Å². The van der Waals surface area contributed by atoms with Crippen LogP contribution in [-0.2, 0) is 19.2 Å². The Balaban J connectivity index is 1.23. The Morgan fingerprint density at radius 3 is 2.14 bits per heavy atom. The van der Waals surface area contributed by atoms with Crippen LogP contribution in [0.25, 0.3) is 0 Å². The molecule has 3 aliphatic carbocycles. The summed E-state index contributed by atoms with van der Waals surface area (Å²) in [5.41, 5.74) is 0. The summed E-state index contributed by atoms with van der Waals surface area (Å²) in [6.07, 6.45) is 12.0. The van der Waals surface area contributed by atoms with Crippen LogP contribution in [0.5, 0.6) is 0 Å². The Morgan fingerprint density at radius 1 is 0.833 bits per heavy atom. The molecule has 3 saturated carbocycles. The third-order valence-electron chi connectivity index (χ3n) is 9.53. The predicted octanol–water partition coefficient (Wildman–Crippen LogP) is 3.08. The molecule has 0 aromatic rings. The number of amides is 5. The molecule has 4 N–H and O–H groups in total. The molecule has 4 rings (SSSR count). The van der Waals surface area contributed by atoms with Gasteiger partial charge in [-0.3, -0.25) is 19.2 Å². The van der Waals surface area contributed by atoms with Crippen molar-refractivity contribution >= 4 is 41.5 Å². The molecule has 5 amide bonds. The second-order valence-electron chi connectivity index (χ2n) is 12.7. The molecule has 1 aliphatic heterocycles. The average Bonchev–Trinajstić information content (AvgIpc) is 3.48. The van der Waals surface area contributed by atoms with Gasteiger partial charge in [-0.25, -0.2) is 4.79 Å². The number of carbonyl (C=O) groups excluding carboxylic acids is 4. The molecule has 1 saturated heterocycles. The highest BCUT2D eigenvalue weighted by Crippen LogP contribution is 2.27. The second-order valence-corrected chi connectivity index (χ2v) is 13.7. The van der Waals surface area contributed by atoms with Gasteiger partial charge in [0.25, 0.3) is 0 Å². The molecule has 0 spiro atoms. The number of carboxylic acid groups (broad SMARTS) is 1. The molecule has 1 heterocycles. The van der Waals surface area contributed by atoms with E-state index in [1.54, 1.807) is 0 Å². The van der Waals surface area contributed by atoms with Gasteiger partial charge in [-0.1, -0.05) is 39.0 Å². The maximum absolute atomic E-state index is 13.3. The van der Waals surface area contributed by atoms with Gasteiger partial charge in [-0.05, 0) is 57.3 Å². The molecule has 42 heavy (non-hydrogen) atoms. The van der Waals surface area contributed by atoms with Crippen LogP contribution in [0.2, 0.25) is 0 Å². The SMILES string of the molecule is CC1CCCCC1NC(=O)NC1CCC(NC(=O)[C@@H]2CSCN2C(=O)CN(CCC(=O)O)C(=O)C2CCCCC2)CC1. The summed E-state index contributed by atoms with van der Waals surface area (Å²) in [5, 5.41) is 18.6. The first kappa shape index (κ1) is 32.4. The van der Waals surface area contributed by atoms with Crippen LogP contribution >= 0.6 is 11.8 Å². The van der Waals surface area contributed by atoms with Gasteiger partial charge in [0.2, 0.25) is 17.7 Å². The number of hydrogen-bond acceptors (Lipinski definition) is 6. The number of carboxylic acids is 1. The molecule has 0 radical (unpaired) electrons. The van der Waals surface area contributed by atoms with Gasteiger partial charge < -0.3 is 30.9 Å². The maximum atomic E-state index is 13.3. The highest BCUT2D eigenvalue weighted by molar-refractivity contribution is 7.99. The fraction of sp³-hybridized carbons (Fsp3) is 0.833. The number of thioether (sulfide) groups is 1. The van der Waals surface area contributed by atoms with Crippen molar-refractivity contribution in [3.05, 3.63) is 0 Å². The minimum Gasteiger partial charge on any atom is -0.481 e. The lowest BCUT2D eigenvalue weighted by atomic mass is 9.86. The smallest absolute Gasteiger partial charge is 0.315 e. The van der Waals surface area contributed by atoms with Crippen molar-refractivity contribution in [2.45, 2.75) is 121 Å². The van der Waals surface area contributed by atoms with E-state index in [0.29, 0.717) is 17.5 Å². The predicted molar refractivity (Wildman–Crippen MR) is 161 cm³/mol. The number of urea groups is 1. The fourth-order valence-electron chi connectivity index (χ4n) is 6.87. The summed E-state index contributed by atoms with van der Waals surface area (Å²) >= 11 is 1.50. The molecule has 236 valence electrons. The van der Waals surface area contributed by atoms with Gasteiger partial charge in [0.1, 0.15) is 6.04 Å². The Kier molecular flexibility index (Phi) is 12.2. The molecule has 3 atom stereocenters. The van der Waals surface area contributed by atoms with Crippen LogP contribution in [0, 0.1) is 11.8 Å². The van der Waals surface area contributed by atoms with E-state index in [9.17, 15) is 29.1 Å². The monoisotopic (exact) mass is 607 g/mol. The highest BCUT2D eigenvalue weighted by Gasteiger charge is 2.38. The van der Waals surface area contributed by atoms with Gasteiger partial charge in [-0.2, -0.15) is 0 Å². The molecule has 0 aromatic carbocycles. The van der Waals surface area contributed by atoms with Crippen LogP contribution in [0.15, 0.2) is 0 Å². The van der Waals surface area contributed by atoms with E-state index in [4.69, 9.17) is 0 Å². The van der Waals surface area contributed by atoms with Crippen LogP contribution in [-0.4, -0.2) is 93.5 Å². The van der Waals surface area contributed by atoms with Gasteiger partial charge in [0.15, 0.2) is 0 Å². The standard InChI is InChI=1S/C30H49N5O6S/c1-20-7-5-6-10-24(20)33-30(41)32-23-13-11-22(12-14-23)31-28(39)25-18-42-19-35(25)26(36)17-34(16-15-27(37)38)29(40)21-8-3-2-4-9-21/h20-25H,2-19H2,1H3,(H,31,39)(H,37,38)(H2,32,33,41)/t20?,22?,23?,24?,25-/m0/s1. The van der Waals surface area contributed by atoms with E-state index in [0.717, 1.165) is 77.0 Å². The van der Waals surface area contributed by atoms with Gasteiger partial charge in [-0.15, -0.1) is 11.8 Å². The van der Waals surface area contributed by atoms with E-state index in [-0.39, 0.29) is 67.3 Å². The van der Waals surface area contributed by atoms with Crippen molar-refractivity contribution in [2.75, 3.05) is 24.7 Å². The average molecular weight is 608 g/mol. The summed E-state index contributed by atoms with van der Waals surface area (Å²) in [6.45, 7) is 1.98. The first-order chi connectivity index (χ1) is 20.2. The van der Waals surface area contributed by atoms with E-state index in [2.05, 4.69) is 22.9 Å². The number of aliphatic carboxylic acids is 1. The van der Waals surface area contributed by atoms with Crippen LogP contribution < -0.4 is 16.0 Å². The summed E-state index contributed by atoms with van der Waals surface area (Å²) in [7, 11) is 0. The number of nitrogens with zero attached hydrogens (tertiary/aromatic N) is 2. The highest BCUT2D eigenvalue weighted by atomic mass is 32.2. The van der Waals surface area contributed by atoms with Crippen LogP contribution in [0.1, 0.15) is 96.8 Å². The van der Waals surface area contributed by atoms with Crippen molar-refractivity contribution < 1.29 is 29.1 Å². The minimum atomic E-state index is -1.01. The molecular weight excluding hydrogens is 558 g/mol. The molecule has 2 unspecified atom stereocenters. The van der Waals surface area contributed by atoms with E-state index < -0.39 is 12.0 Å². The van der Waals surface area contributed by atoms with Gasteiger partial charge in [0, 0.05) is 36.3 Å². The quantitative estimate of drug-likeness (QED) is 0.298. The molecule has 4 aliphatic rings.